The van der Waals surface area contributed by atoms with Crippen LogP contribution in [0.1, 0.15) is 24.1 Å². The largest absolute Gasteiger partial charge is 0.354 e. The molecule has 3 heterocycles. The predicted molar refractivity (Wildman–Crippen MR) is 103 cm³/mol. The van der Waals surface area contributed by atoms with Gasteiger partial charge in [-0.15, -0.1) is 0 Å². The lowest BCUT2D eigenvalue weighted by molar-refractivity contribution is 0.343. The molecule has 0 saturated carbocycles. The Hall–Kier alpha value is -2.46. The number of hydrogen-bond donors (Lipinski definition) is 1. The summed E-state index contributed by atoms with van der Waals surface area (Å²) in [5.41, 5.74) is 5.57. The first-order valence-electron chi connectivity index (χ1n) is 9.08. The van der Waals surface area contributed by atoms with Gasteiger partial charge in [0.05, 0.1) is 17.4 Å². The molecule has 4 heteroatoms. The molecule has 1 N–H and O–H groups in total. The highest BCUT2D eigenvalue weighted by molar-refractivity contribution is 5.92. The van der Waals surface area contributed by atoms with E-state index in [1.807, 2.05) is 36.7 Å². The highest BCUT2D eigenvalue weighted by Gasteiger charge is 2.12. The number of para-hydroxylation sites is 1. The van der Waals surface area contributed by atoms with Crippen LogP contribution >= 0.6 is 0 Å². The average molecular weight is 332 g/mol. The summed E-state index contributed by atoms with van der Waals surface area (Å²) in [6.07, 6.45) is 7.51. The maximum absolute atomic E-state index is 4.60. The molecule has 1 aliphatic heterocycles. The van der Waals surface area contributed by atoms with E-state index in [4.69, 9.17) is 0 Å². The van der Waals surface area contributed by atoms with Crippen LogP contribution in [0.2, 0.25) is 0 Å². The Morgan fingerprint density at radius 1 is 1.08 bits per heavy atom. The van der Waals surface area contributed by atoms with Crippen LogP contribution in [0.15, 0.2) is 48.8 Å². The fourth-order valence-electron chi connectivity index (χ4n) is 3.55. The van der Waals surface area contributed by atoms with Gasteiger partial charge in [0.25, 0.3) is 0 Å². The topological polar surface area (TPSA) is 41.1 Å². The van der Waals surface area contributed by atoms with Gasteiger partial charge in [0, 0.05) is 29.5 Å². The second-order valence-corrected chi connectivity index (χ2v) is 6.77. The number of hydrogen-bond acceptors (Lipinski definition) is 4. The zero-order valence-electron chi connectivity index (χ0n) is 14.7. The number of pyridine rings is 2. The van der Waals surface area contributed by atoms with Crippen molar-refractivity contribution in [1.82, 2.24) is 14.9 Å². The molecule has 0 radical (unpaired) electrons. The Morgan fingerprint density at radius 2 is 1.92 bits per heavy atom. The minimum absolute atomic E-state index is 1.00. The maximum atomic E-state index is 4.60. The van der Waals surface area contributed by atoms with Crippen molar-refractivity contribution in [3.05, 3.63) is 60.0 Å². The minimum Gasteiger partial charge on any atom is -0.354 e. The van der Waals surface area contributed by atoms with Crippen LogP contribution in [-0.2, 0) is 6.42 Å². The van der Waals surface area contributed by atoms with Crippen LogP contribution in [0.4, 0.5) is 11.4 Å². The third-order valence-electron chi connectivity index (χ3n) is 5.02. The molecule has 4 rings (SSSR count). The summed E-state index contributed by atoms with van der Waals surface area (Å²) in [4.78, 5) is 11.6. The molecule has 1 aromatic carbocycles. The summed E-state index contributed by atoms with van der Waals surface area (Å²) in [5, 5.41) is 4.66. The first-order valence-corrected chi connectivity index (χ1v) is 9.08. The van der Waals surface area contributed by atoms with Gasteiger partial charge in [-0.2, -0.15) is 0 Å². The van der Waals surface area contributed by atoms with Crippen LogP contribution in [-0.4, -0.2) is 34.5 Å². The molecule has 4 nitrogen and oxygen atoms in total. The van der Waals surface area contributed by atoms with Crippen molar-refractivity contribution in [2.24, 2.45) is 0 Å². The Labute approximate surface area is 148 Å². The molecule has 0 atom stereocenters. The third kappa shape index (κ3) is 3.64. The minimum atomic E-state index is 1.00. The molecule has 1 fully saturated rings. The van der Waals surface area contributed by atoms with Crippen LogP contribution in [0.3, 0.4) is 0 Å². The van der Waals surface area contributed by atoms with E-state index in [0.29, 0.717) is 0 Å². The number of benzene rings is 1. The van der Waals surface area contributed by atoms with Crippen LogP contribution in [0.25, 0.3) is 10.9 Å². The number of aromatic nitrogens is 2. The Bertz CT molecular complexity index is 863. The average Bonchev–Trinajstić information content (AvgIpc) is 3.16. The van der Waals surface area contributed by atoms with E-state index in [-0.39, 0.29) is 0 Å². The molecule has 1 aliphatic rings. The Balaban J connectivity index is 1.54. The number of fused-ring (bicyclic) bond motifs is 1. The molecule has 0 spiro atoms. The van der Waals surface area contributed by atoms with Gasteiger partial charge < -0.3 is 10.2 Å². The summed E-state index contributed by atoms with van der Waals surface area (Å²) >= 11 is 0. The van der Waals surface area contributed by atoms with Gasteiger partial charge in [-0.25, -0.2) is 0 Å². The summed E-state index contributed by atoms with van der Waals surface area (Å²) in [6.45, 7) is 5.72. The number of aryl methyl sites for hydroxylation is 1. The lowest BCUT2D eigenvalue weighted by atomic mass is 10.1. The summed E-state index contributed by atoms with van der Waals surface area (Å²) in [5.74, 6) is 0. The zero-order valence-corrected chi connectivity index (χ0v) is 14.7. The van der Waals surface area contributed by atoms with Gasteiger partial charge in [0.2, 0.25) is 0 Å². The van der Waals surface area contributed by atoms with Gasteiger partial charge >= 0.3 is 0 Å². The van der Waals surface area contributed by atoms with Crippen molar-refractivity contribution in [2.45, 2.75) is 26.2 Å². The van der Waals surface area contributed by atoms with E-state index in [1.165, 1.54) is 31.5 Å². The molecule has 0 aliphatic carbocycles. The normalized spacial score (nSPS) is 14.9. The number of anilines is 2. The van der Waals surface area contributed by atoms with E-state index in [9.17, 15) is 0 Å². The van der Waals surface area contributed by atoms with Crippen molar-refractivity contribution < 1.29 is 0 Å². The van der Waals surface area contributed by atoms with E-state index >= 15 is 0 Å². The highest BCUT2D eigenvalue weighted by atomic mass is 15.1. The molecule has 1 saturated heterocycles. The summed E-state index contributed by atoms with van der Waals surface area (Å²) < 4.78 is 0. The summed E-state index contributed by atoms with van der Waals surface area (Å²) in [7, 11) is 0. The van der Waals surface area contributed by atoms with Crippen LogP contribution < -0.4 is 5.32 Å². The molecular formula is C21H24N4. The zero-order chi connectivity index (χ0) is 17.1. The van der Waals surface area contributed by atoms with Crippen LogP contribution in [0, 0.1) is 6.92 Å². The first-order chi connectivity index (χ1) is 12.3. The number of likely N-dealkylation sites (tertiary alicyclic amines) is 1. The number of nitrogens with one attached hydrogen (secondary N) is 1. The molecule has 0 unspecified atom stereocenters. The van der Waals surface area contributed by atoms with E-state index in [2.05, 4.69) is 39.2 Å². The quantitative estimate of drug-likeness (QED) is 0.755. The molecule has 25 heavy (non-hydrogen) atoms. The maximum Gasteiger partial charge on any atom is 0.0722 e. The van der Waals surface area contributed by atoms with Gasteiger partial charge in [-0.05, 0) is 63.0 Å². The standard InChI is InChI=1S/C21H24N4/c1-16-17(9-13-25-11-4-5-12-25)14-18(15-23-16)24-21-8-10-22-20-7-3-2-6-19(20)21/h2-3,6-8,10,14-15H,4-5,9,11-13H2,1H3,(H,22,24). The molecule has 128 valence electrons. The van der Waals surface area contributed by atoms with E-state index in [0.717, 1.165) is 40.9 Å². The van der Waals surface area contributed by atoms with Crippen molar-refractivity contribution in [3.63, 3.8) is 0 Å². The van der Waals surface area contributed by atoms with E-state index < -0.39 is 0 Å². The fraction of sp³-hybridized carbons (Fsp3) is 0.333. The van der Waals surface area contributed by atoms with Crippen LogP contribution in [0.5, 0.6) is 0 Å². The second kappa shape index (κ2) is 7.19. The Kier molecular flexibility index (Phi) is 4.61. The smallest absolute Gasteiger partial charge is 0.0722 e. The lowest BCUT2D eigenvalue weighted by Crippen LogP contribution is -2.22. The van der Waals surface area contributed by atoms with Gasteiger partial charge in [0.15, 0.2) is 0 Å². The summed E-state index contributed by atoms with van der Waals surface area (Å²) in [6, 6.07) is 12.5. The van der Waals surface area contributed by atoms with Crippen molar-refractivity contribution in [2.75, 3.05) is 25.0 Å². The van der Waals surface area contributed by atoms with E-state index in [1.54, 1.807) is 0 Å². The molecule has 0 amide bonds. The number of nitrogens with zero attached hydrogens (tertiary/aromatic N) is 3. The second-order valence-electron chi connectivity index (χ2n) is 6.77. The predicted octanol–water partition coefficient (Wildman–Crippen LogP) is 4.32. The first kappa shape index (κ1) is 16.0. The monoisotopic (exact) mass is 332 g/mol. The SMILES string of the molecule is Cc1ncc(Nc2ccnc3ccccc23)cc1CCN1CCCC1. The molecule has 0 bridgehead atoms. The number of rotatable bonds is 5. The van der Waals surface area contributed by atoms with Gasteiger partial charge in [-0.3, -0.25) is 9.97 Å². The fourth-order valence-corrected chi connectivity index (χ4v) is 3.55. The van der Waals surface area contributed by atoms with Crippen molar-refractivity contribution in [1.29, 1.82) is 0 Å². The van der Waals surface area contributed by atoms with Crippen molar-refractivity contribution in [3.8, 4) is 0 Å². The van der Waals surface area contributed by atoms with Crippen molar-refractivity contribution >= 4 is 22.3 Å². The van der Waals surface area contributed by atoms with Gasteiger partial charge in [-0.1, -0.05) is 18.2 Å². The molecular weight excluding hydrogens is 308 g/mol. The molecule has 2 aromatic heterocycles. The highest BCUT2D eigenvalue weighted by Crippen LogP contribution is 2.25. The lowest BCUT2D eigenvalue weighted by Gasteiger charge is -2.16. The Morgan fingerprint density at radius 3 is 2.80 bits per heavy atom. The van der Waals surface area contributed by atoms with Gasteiger partial charge in [0.1, 0.15) is 0 Å². The molecule has 3 aromatic rings. The third-order valence-corrected chi connectivity index (χ3v) is 5.02.